The van der Waals surface area contributed by atoms with Crippen molar-refractivity contribution in [2.45, 2.75) is 23.1 Å². The third-order valence-electron chi connectivity index (χ3n) is 3.55. The SMILES string of the molecule is CCNC1c2ccccc2OCC1Sc1ccc(Br)cc1. The number of benzene rings is 2. The van der Waals surface area contributed by atoms with Crippen molar-refractivity contribution in [3.05, 3.63) is 58.6 Å². The fourth-order valence-corrected chi connectivity index (χ4v) is 4.01. The van der Waals surface area contributed by atoms with Crippen LogP contribution in [0.25, 0.3) is 0 Å². The molecule has 21 heavy (non-hydrogen) atoms. The van der Waals surface area contributed by atoms with Crippen LogP contribution in [0, 0.1) is 0 Å². The minimum absolute atomic E-state index is 0.327. The normalized spacial score (nSPS) is 20.7. The molecule has 0 radical (unpaired) electrons. The maximum Gasteiger partial charge on any atom is 0.124 e. The van der Waals surface area contributed by atoms with E-state index in [9.17, 15) is 0 Å². The molecule has 110 valence electrons. The second-order valence-corrected chi connectivity index (χ2v) is 7.22. The van der Waals surface area contributed by atoms with Crippen LogP contribution < -0.4 is 10.1 Å². The number of hydrogen-bond donors (Lipinski definition) is 1. The molecular weight excluding hydrogens is 346 g/mol. The van der Waals surface area contributed by atoms with Crippen molar-refractivity contribution >= 4 is 27.7 Å². The molecule has 1 aliphatic rings. The summed E-state index contributed by atoms with van der Waals surface area (Å²) in [7, 11) is 0. The zero-order chi connectivity index (χ0) is 14.7. The van der Waals surface area contributed by atoms with Crippen LogP contribution in [0.3, 0.4) is 0 Å². The summed E-state index contributed by atoms with van der Waals surface area (Å²) >= 11 is 5.36. The van der Waals surface area contributed by atoms with Gasteiger partial charge in [-0.25, -0.2) is 0 Å². The highest BCUT2D eigenvalue weighted by Crippen LogP contribution is 2.39. The summed E-state index contributed by atoms with van der Waals surface area (Å²) in [5.41, 5.74) is 1.26. The third-order valence-corrected chi connectivity index (χ3v) is 5.34. The molecule has 0 saturated carbocycles. The Kier molecular flexibility index (Phi) is 4.88. The lowest BCUT2D eigenvalue weighted by Gasteiger charge is -2.33. The van der Waals surface area contributed by atoms with Crippen LogP contribution >= 0.6 is 27.7 Å². The molecule has 1 heterocycles. The van der Waals surface area contributed by atoms with Gasteiger partial charge in [0.1, 0.15) is 12.4 Å². The van der Waals surface area contributed by atoms with Crippen molar-refractivity contribution in [1.82, 2.24) is 5.32 Å². The van der Waals surface area contributed by atoms with Gasteiger partial charge in [-0.05, 0) is 36.9 Å². The van der Waals surface area contributed by atoms with Crippen molar-refractivity contribution < 1.29 is 4.74 Å². The molecule has 2 unspecified atom stereocenters. The van der Waals surface area contributed by atoms with Gasteiger partial charge >= 0.3 is 0 Å². The molecule has 2 aromatic carbocycles. The third kappa shape index (κ3) is 3.44. The van der Waals surface area contributed by atoms with Gasteiger partial charge in [0.25, 0.3) is 0 Å². The summed E-state index contributed by atoms with van der Waals surface area (Å²) in [4.78, 5) is 1.27. The first kappa shape index (κ1) is 14.9. The predicted molar refractivity (Wildman–Crippen MR) is 92.1 cm³/mol. The number of thioether (sulfide) groups is 1. The molecule has 1 aliphatic heterocycles. The number of rotatable bonds is 4. The summed E-state index contributed by atoms with van der Waals surface area (Å²) in [5.74, 6) is 1.01. The number of halogens is 1. The van der Waals surface area contributed by atoms with Crippen molar-refractivity contribution in [2.24, 2.45) is 0 Å². The van der Waals surface area contributed by atoms with E-state index in [4.69, 9.17) is 4.74 Å². The van der Waals surface area contributed by atoms with Gasteiger partial charge in [0.05, 0.1) is 11.3 Å². The standard InChI is InChI=1S/C17H18BrNOS/c1-2-19-17-14-5-3-4-6-15(14)20-11-16(17)21-13-9-7-12(18)8-10-13/h3-10,16-17,19H,2,11H2,1H3. The van der Waals surface area contributed by atoms with Gasteiger partial charge in [-0.2, -0.15) is 0 Å². The van der Waals surface area contributed by atoms with Gasteiger partial charge in [-0.3, -0.25) is 0 Å². The Hall–Kier alpha value is -0.970. The van der Waals surface area contributed by atoms with Crippen LogP contribution in [0.4, 0.5) is 0 Å². The van der Waals surface area contributed by atoms with Gasteiger partial charge in [0, 0.05) is 14.9 Å². The van der Waals surface area contributed by atoms with E-state index in [-0.39, 0.29) is 0 Å². The fourth-order valence-electron chi connectivity index (χ4n) is 2.59. The first-order valence-corrected chi connectivity index (χ1v) is 8.82. The number of para-hydroxylation sites is 1. The largest absolute Gasteiger partial charge is 0.492 e. The molecule has 2 aromatic rings. The lowest BCUT2D eigenvalue weighted by molar-refractivity contribution is 0.261. The number of ether oxygens (including phenoxy) is 1. The van der Waals surface area contributed by atoms with Crippen molar-refractivity contribution in [1.29, 1.82) is 0 Å². The van der Waals surface area contributed by atoms with Gasteiger partial charge in [0.2, 0.25) is 0 Å². The maximum atomic E-state index is 5.94. The molecule has 0 bridgehead atoms. The summed E-state index contributed by atoms with van der Waals surface area (Å²) in [6, 6.07) is 17.1. The quantitative estimate of drug-likeness (QED) is 0.853. The lowest BCUT2D eigenvalue weighted by Crippen LogP contribution is -2.37. The molecule has 0 spiro atoms. The number of nitrogens with one attached hydrogen (secondary N) is 1. The Morgan fingerprint density at radius 3 is 2.71 bits per heavy atom. The minimum Gasteiger partial charge on any atom is -0.492 e. The summed E-state index contributed by atoms with van der Waals surface area (Å²) in [5, 5.41) is 3.99. The summed E-state index contributed by atoms with van der Waals surface area (Å²) < 4.78 is 7.05. The predicted octanol–water partition coefficient (Wildman–Crippen LogP) is 4.65. The first-order chi connectivity index (χ1) is 10.3. The minimum atomic E-state index is 0.327. The van der Waals surface area contributed by atoms with Crippen molar-refractivity contribution in [2.75, 3.05) is 13.2 Å². The van der Waals surface area contributed by atoms with E-state index in [0.29, 0.717) is 11.3 Å². The van der Waals surface area contributed by atoms with Crippen LogP contribution in [0.5, 0.6) is 5.75 Å². The van der Waals surface area contributed by atoms with E-state index < -0.39 is 0 Å². The van der Waals surface area contributed by atoms with Crippen LogP contribution in [0.2, 0.25) is 0 Å². The van der Waals surface area contributed by atoms with E-state index >= 15 is 0 Å². The van der Waals surface area contributed by atoms with Gasteiger partial charge in [-0.1, -0.05) is 41.1 Å². The zero-order valence-electron chi connectivity index (χ0n) is 11.9. The summed E-state index contributed by atoms with van der Waals surface area (Å²) in [6.45, 7) is 3.84. The highest BCUT2D eigenvalue weighted by Gasteiger charge is 2.30. The molecule has 1 N–H and O–H groups in total. The molecule has 0 aromatic heterocycles. The zero-order valence-corrected chi connectivity index (χ0v) is 14.3. The van der Waals surface area contributed by atoms with E-state index in [0.717, 1.165) is 23.4 Å². The second-order valence-electron chi connectivity index (χ2n) is 4.99. The average molecular weight is 364 g/mol. The Bertz CT molecular complexity index is 602. The van der Waals surface area contributed by atoms with Gasteiger partial charge < -0.3 is 10.1 Å². The monoisotopic (exact) mass is 363 g/mol. The smallest absolute Gasteiger partial charge is 0.124 e. The van der Waals surface area contributed by atoms with Crippen LogP contribution in [0.15, 0.2) is 57.9 Å². The lowest BCUT2D eigenvalue weighted by atomic mass is 10.0. The molecule has 3 rings (SSSR count). The molecule has 0 saturated heterocycles. The van der Waals surface area contributed by atoms with Crippen molar-refractivity contribution in [3.8, 4) is 5.75 Å². The molecule has 0 fully saturated rings. The molecule has 0 aliphatic carbocycles. The van der Waals surface area contributed by atoms with Gasteiger partial charge in [0.15, 0.2) is 0 Å². The molecular formula is C17H18BrNOS. The topological polar surface area (TPSA) is 21.3 Å². The average Bonchev–Trinajstić information content (AvgIpc) is 2.52. The molecule has 2 atom stereocenters. The van der Waals surface area contributed by atoms with Crippen molar-refractivity contribution in [3.63, 3.8) is 0 Å². The van der Waals surface area contributed by atoms with Crippen LogP contribution in [-0.4, -0.2) is 18.4 Å². The highest BCUT2D eigenvalue weighted by molar-refractivity contribution is 9.10. The Balaban J connectivity index is 1.83. The number of hydrogen-bond acceptors (Lipinski definition) is 3. The highest BCUT2D eigenvalue weighted by atomic mass is 79.9. The molecule has 0 amide bonds. The molecule has 4 heteroatoms. The Morgan fingerprint density at radius 1 is 1.19 bits per heavy atom. The van der Waals surface area contributed by atoms with Crippen LogP contribution in [0.1, 0.15) is 18.5 Å². The maximum absolute atomic E-state index is 5.94. The van der Waals surface area contributed by atoms with E-state index in [2.05, 4.69) is 70.6 Å². The summed E-state index contributed by atoms with van der Waals surface area (Å²) in [6.07, 6.45) is 0. The van der Waals surface area contributed by atoms with Gasteiger partial charge in [-0.15, -0.1) is 11.8 Å². The van der Waals surface area contributed by atoms with Crippen LogP contribution in [-0.2, 0) is 0 Å². The fraction of sp³-hybridized carbons (Fsp3) is 0.294. The second kappa shape index (κ2) is 6.86. The van der Waals surface area contributed by atoms with E-state index in [1.807, 2.05) is 17.8 Å². The Labute approximate surface area is 138 Å². The molecule has 2 nitrogen and oxygen atoms in total. The number of fused-ring (bicyclic) bond motifs is 1. The Morgan fingerprint density at radius 2 is 1.95 bits per heavy atom. The first-order valence-electron chi connectivity index (χ1n) is 7.15. The van der Waals surface area contributed by atoms with E-state index in [1.165, 1.54) is 10.5 Å². The van der Waals surface area contributed by atoms with E-state index in [1.54, 1.807) is 0 Å².